The van der Waals surface area contributed by atoms with E-state index < -0.39 is 0 Å². The average molecular weight is 370 g/mol. The summed E-state index contributed by atoms with van der Waals surface area (Å²) >= 11 is 12.8. The second-order valence-corrected chi connectivity index (χ2v) is 4.97. The molecule has 88 valence electrons. The van der Waals surface area contributed by atoms with Gasteiger partial charge in [-0.05, 0) is 24.1 Å². The van der Waals surface area contributed by atoms with Gasteiger partial charge in [-0.1, -0.05) is 49.5 Å². The number of carbonyl (C=O) groups excluding carboxylic acids is 1. The maximum Gasteiger partial charge on any atom is 0.310 e. The molecule has 0 N–H and O–H groups in total. The molecule has 1 aromatic carbocycles. The molecular formula is C11H11Br2ClO2. The zero-order chi connectivity index (χ0) is 12.1. The molecule has 0 fully saturated rings. The van der Waals surface area contributed by atoms with Gasteiger partial charge >= 0.3 is 5.97 Å². The number of hydrogen-bond donors (Lipinski definition) is 0. The van der Waals surface area contributed by atoms with Crippen molar-refractivity contribution in [2.45, 2.75) is 18.7 Å². The summed E-state index contributed by atoms with van der Waals surface area (Å²) in [6.45, 7) is 2.17. The summed E-state index contributed by atoms with van der Waals surface area (Å²) in [6.07, 6.45) is 0.208. The lowest BCUT2D eigenvalue weighted by Gasteiger charge is -2.08. The molecule has 0 bridgehead atoms. The molecule has 5 heteroatoms. The molecule has 0 unspecified atom stereocenters. The normalized spacial score (nSPS) is 10.2. The summed E-state index contributed by atoms with van der Waals surface area (Å²) in [5.41, 5.74) is 1.85. The van der Waals surface area contributed by atoms with Gasteiger partial charge in [-0.25, -0.2) is 0 Å². The van der Waals surface area contributed by atoms with Crippen LogP contribution in [0.4, 0.5) is 0 Å². The third kappa shape index (κ3) is 3.75. The molecule has 0 saturated heterocycles. The standard InChI is InChI=1S/C11H11Br2ClO2/c1-2-16-11(15)4-7-3-8(6-12)9(13)5-10(7)14/h3,5H,2,4,6H2,1H3. The molecule has 0 aromatic heterocycles. The van der Waals surface area contributed by atoms with E-state index >= 15 is 0 Å². The Morgan fingerprint density at radius 1 is 1.44 bits per heavy atom. The topological polar surface area (TPSA) is 26.3 Å². The highest BCUT2D eigenvalue weighted by Crippen LogP contribution is 2.27. The number of ether oxygens (including phenoxy) is 1. The monoisotopic (exact) mass is 368 g/mol. The summed E-state index contributed by atoms with van der Waals surface area (Å²) in [5, 5.41) is 1.28. The van der Waals surface area contributed by atoms with Gasteiger partial charge in [0.15, 0.2) is 0 Å². The van der Waals surface area contributed by atoms with Gasteiger partial charge in [0.25, 0.3) is 0 Å². The minimum Gasteiger partial charge on any atom is -0.466 e. The molecule has 0 saturated carbocycles. The second-order valence-electron chi connectivity index (χ2n) is 3.15. The van der Waals surface area contributed by atoms with E-state index in [2.05, 4.69) is 31.9 Å². The van der Waals surface area contributed by atoms with Crippen LogP contribution in [-0.2, 0) is 21.3 Å². The number of carbonyl (C=O) groups is 1. The van der Waals surface area contributed by atoms with E-state index in [1.807, 2.05) is 6.07 Å². The van der Waals surface area contributed by atoms with Crippen LogP contribution >= 0.6 is 43.5 Å². The lowest BCUT2D eigenvalue weighted by atomic mass is 10.1. The molecule has 2 nitrogen and oxygen atoms in total. The van der Waals surface area contributed by atoms with Crippen LogP contribution in [0, 0.1) is 0 Å². The first-order chi connectivity index (χ1) is 7.58. The van der Waals surface area contributed by atoms with Crippen molar-refractivity contribution in [2.24, 2.45) is 0 Å². The fourth-order valence-electron chi connectivity index (χ4n) is 1.25. The molecule has 0 radical (unpaired) electrons. The molecule has 1 aromatic rings. The molecule has 0 aliphatic carbocycles. The molecular weight excluding hydrogens is 359 g/mol. The summed E-state index contributed by atoms with van der Waals surface area (Å²) in [4.78, 5) is 11.3. The molecule has 0 amide bonds. The molecule has 0 atom stereocenters. The Morgan fingerprint density at radius 3 is 2.69 bits per heavy atom. The van der Waals surface area contributed by atoms with Gasteiger partial charge in [0.2, 0.25) is 0 Å². The Kier molecular flexibility index (Phi) is 5.79. The van der Waals surface area contributed by atoms with Crippen molar-refractivity contribution in [1.29, 1.82) is 0 Å². The van der Waals surface area contributed by atoms with E-state index in [9.17, 15) is 4.79 Å². The molecule has 0 spiro atoms. The van der Waals surface area contributed by atoms with Gasteiger partial charge in [-0.2, -0.15) is 0 Å². The molecule has 16 heavy (non-hydrogen) atoms. The van der Waals surface area contributed by atoms with Crippen LogP contribution in [0.5, 0.6) is 0 Å². The number of alkyl halides is 1. The van der Waals surface area contributed by atoms with Crippen LogP contribution in [0.1, 0.15) is 18.1 Å². The largest absolute Gasteiger partial charge is 0.466 e. The molecule has 0 aliphatic heterocycles. The number of hydrogen-bond acceptors (Lipinski definition) is 2. The first-order valence-electron chi connectivity index (χ1n) is 4.76. The van der Waals surface area contributed by atoms with Crippen LogP contribution in [0.25, 0.3) is 0 Å². The predicted octanol–water partition coefficient (Wildman–Crippen LogP) is 4.10. The van der Waals surface area contributed by atoms with Crippen molar-refractivity contribution >= 4 is 49.4 Å². The maximum atomic E-state index is 11.3. The third-order valence-corrected chi connectivity index (χ3v) is 3.69. The van der Waals surface area contributed by atoms with Crippen molar-refractivity contribution < 1.29 is 9.53 Å². The van der Waals surface area contributed by atoms with E-state index in [-0.39, 0.29) is 12.4 Å². The van der Waals surface area contributed by atoms with Crippen LogP contribution in [0.2, 0.25) is 5.02 Å². The Labute approximate surface area is 117 Å². The van der Waals surface area contributed by atoms with Crippen LogP contribution < -0.4 is 0 Å². The van der Waals surface area contributed by atoms with Crippen LogP contribution in [0.15, 0.2) is 16.6 Å². The lowest BCUT2D eigenvalue weighted by Crippen LogP contribution is -2.08. The van der Waals surface area contributed by atoms with E-state index in [4.69, 9.17) is 16.3 Å². The highest BCUT2D eigenvalue weighted by Gasteiger charge is 2.10. The van der Waals surface area contributed by atoms with E-state index in [0.29, 0.717) is 17.0 Å². The average Bonchev–Trinajstić information content (AvgIpc) is 2.22. The quantitative estimate of drug-likeness (QED) is 0.589. The first-order valence-corrected chi connectivity index (χ1v) is 7.06. The number of rotatable bonds is 4. The minimum absolute atomic E-state index is 0.208. The second kappa shape index (κ2) is 6.62. The fourth-order valence-corrected chi connectivity index (χ4v) is 2.94. The van der Waals surface area contributed by atoms with Crippen molar-refractivity contribution in [3.63, 3.8) is 0 Å². The maximum absolute atomic E-state index is 11.3. The van der Waals surface area contributed by atoms with Gasteiger partial charge in [-0.15, -0.1) is 0 Å². The van der Waals surface area contributed by atoms with Gasteiger partial charge < -0.3 is 4.74 Å². The van der Waals surface area contributed by atoms with Crippen molar-refractivity contribution in [3.8, 4) is 0 Å². The highest BCUT2D eigenvalue weighted by molar-refractivity contribution is 9.10. The number of esters is 1. The van der Waals surface area contributed by atoms with Crippen molar-refractivity contribution in [1.82, 2.24) is 0 Å². The Bertz CT molecular complexity index is 394. The zero-order valence-corrected chi connectivity index (χ0v) is 12.7. The summed E-state index contributed by atoms with van der Waals surface area (Å²) in [6, 6.07) is 3.70. The summed E-state index contributed by atoms with van der Waals surface area (Å²) < 4.78 is 5.82. The van der Waals surface area contributed by atoms with Gasteiger partial charge in [0, 0.05) is 14.8 Å². The Morgan fingerprint density at radius 2 is 2.12 bits per heavy atom. The lowest BCUT2D eigenvalue weighted by molar-refractivity contribution is -0.142. The van der Waals surface area contributed by atoms with E-state index in [0.717, 1.165) is 15.6 Å². The minimum atomic E-state index is -0.257. The van der Waals surface area contributed by atoms with Crippen molar-refractivity contribution in [3.05, 3.63) is 32.8 Å². The Balaban J connectivity index is 2.91. The van der Waals surface area contributed by atoms with E-state index in [1.165, 1.54) is 0 Å². The first kappa shape index (κ1) is 14.0. The number of halogens is 3. The summed E-state index contributed by atoms with van der Waals surface area (Å²) in [5.74, 6) is -0.257. The fraction of sp³-hybridized carbons (Fsp3) is 0.364. The zero-order valence-electron chi connectivity index (χ0n) is 8.73. The number of benzene rings is 1. The SMILES string of the molecule is CCOC(=O)Cc1cc(CBr)c(Br)cc1Cl. The van der Waals surface area contributed by atoms with Gasteiger partial charge in [0.1, 0.15) is 0 Å². The smallest absolute Gasteiger partial charge is 0.310 e. The van der Waals surface area contributed by atoms with Gasteiger partial charge in [-0.3, -0.25) is 4.79 Å². The molecule has 0 aliphatic rings. The Hall–Kier alpha value is -0.0600. The van der Waals surface area contributed by atoms with Crippen LogP contribution in [-0.4, -0.2) is 12.6 Å². The van der Waals surface area contributed by atoms with E-state index in [1.54, 1.807) is 13.0 Å². The molecule has 0 heterocycles. The predicted molar refractivity (Wildman–Crippen MR) is 72.1 cm³/mol. The van der Waals surface area contributed by atoms with Crippen molar-refractivity contribution in [2.75, 3.05) is 6.61 Å². The van der Waals surface area contributed by atoms with Crippen LogP contribution in [0.3, 0.4) is 0 Å². The summed E-state index contributed by atoms with van der Waals surface area (Å²) in [7, 11) is 0. The highest BCUT2D eigenvalue weighted by atomic mass is 79.9. The van der Waals surface area contributed by atoms with Gasteiger partial charge in [0.05, 0.1) is 13.0 Å². The molecule has 1 rings (SSSR count). The third-order valence-electron chi connectivity index (χ3n) is 2.00.